The second-order valence-corrected chi connectivity index (χ2v) is 4.53. The fourth-order valence-corrected chi connectivity index (χ4v) is 2.27. The fraction of sp³-hybridized carbons (Fsp3) is 0.538. The van der Waals surface area contributed by atoms with E-state index in [0.717, 1.165) is 24.8 Å². The van der Waals surface area contributed by atoms with Crippen LogP contribution in [-0.2, 0) is 11.3 Å². The average molecular weight is 247 g/mol. The highest BCUT2D eigenvalue weighted by molar-refractivity contribution is 5.13. The molecule has 1 aromatic carbocycles. The highest BCUT2D eigenvalue weighted by Crippen LogP contribution is 2.25. The largest absolute Gasteiger partial charge is 0.390 e. The first-order valence-electron chi connectivity index (χ1n) is 6.19. The lowest BCUT2D eigenvalue weighted by atomic mass is 9.90. The van der Waals surface area contributed by atoms with E-state index in [2.05, 4.69) is 10.0 Å². The van der Waals surface area contributed by atoms with Crippen LogP contribution in [0.15, 0.2) is 35.4 Å². The van der Waals surface area contributed by atoms with E-state index in [1.54, 1.807) is 0 Å². The molecule has 18 heavy (non-hydrogen) atoms. The van der Waals surface area contributed by atoms with E-state index in [0.29, 0.717) is 6.61 Å². The molecule has 1 aliphatic carbocycles. The fourth-order valence-electron chi connectivity index (χ4n) is 2.27. The Kier molecular flexibility index (Phi) is 4.59. The lowest BCUT2D eigenvalue weighted by molar-refractivity contribution is -0.0739. The van der Waals surface area contributed by atoms with Crippen molar-refractivity contribution in [2.45, 2.75) is 44.1 Å². The van der Waals surface area contributed by atoms with Gasteiger partial charge in [0, 0.05) is 4.91 Å². The topological polar surface area (TPSA) is 78.2 Å². The van der Waals surface area contributed by atoms with Gasteiger partial charge in [0.15, 0.2) is 0 Å². The van der Waals surface area contributed by atoms with Crippen LogP contribution in [0.5, 0.6) is 0 Å². The molecule has 0 bridgehead atoms. The molecule has 1 aliphatic rings. The van der Waals surface area contributed by atoms with E-state index in [4.69, 9.17) is 10.3 Å². The molecule has 0 heterocycles. The third-order valence-electron chi connectivity index (χ3n) is 3.27. The summed E-state index contributed by atoms with van der Waals surface area (Å²) in [6.07, 6.45) is 1.52. The summed E-state index contributed by atoms with van der Waals surface area (Å²) in [5.41, 5.74) is 9.52. The van der Waals surface area contributed by atoms with E-state index in [-0.39, 0.29) is 12.1 Å². The van der Waals surface area contributed by atoms with Crippen LogP contribution in [0.1, 0.15) is 24.8 Å². The van der Waals surface area contributed by atoms with E-state index < -0.39 is 6.10 Å². The number of aliphatic hydroxyl groups excluding tert-OH is 1. The van der Waals surface area contributed by atoms with Crippen molar-refractivity contribution in [3.63, 3.8) is 0 Å². The molecule has 0 amide bonds. The normalized spacial score (nSPS) is 27.5. The Labute approximate surface area is 106 Å². The first kappa shape index (κ1) is 12.9. The van der Waals surface area contributed by atoms with Crippen molar-refractivity contribution < 1.29 is 9.84 Å². The summed E-state index contributed by atoms with van der Waals surface area (Å²) in [4.78, 5) is 2.77. The van der Waals surface area contributed by atoms with Crippen LogP contribution in [-0.4, -0.2) is 23.4 Å². The Balaban J connectivity index is 1.90. The lowest BCUT2D eigenvalue weighted by Gasteiger charge is -2.32. The SMILES string of the molecule is [N-]=[N+]=N[C@@H]1CCC[C@H](OCc2ccccc2)[C@H]1O. The maximum Gasteiger partial charge on any atom is 0.0886 e. The Bertz CT molecular complexity index is 418. The lowest BCUT2D eigenvalue weighted by Crippen LogP contribution is -2.41. The van der Waals surface area contributed by atoms with Gasteiger partial charge in [0.2, 0.25) is 0 Å². The molecule has 1 aromatic rings. The molecule has 0 spiro atoms. The summed E-state index contributed by atoms with van der Waals surface area (Å²) in [5.74, 6) is 0. The molecule has 0 saturated heterocycles. The van der Waals surface area contributed by atoms with Crippen molar-refractivity contribution in [1.82, 2.24) is 0 Å². The molecular formula is C13H17N3O2. The zero-order valence-electron chi connectivity index (χ0n) is 10.1. The minimum atomic E-state index is -0.696. The quantitative estimate of drug-likeness (QED) is 0.504. The van der Waals surface area contributed by atoms with Gasteiger partial charge < -0.3 is 9.84 Å². The first-order chi connectivity index (χ1) is 8.81. The van der Waals surface area contributed by atoms with Crippen molar-refractivity contribution in [2.24, 2.45) is 5.11 Å². The van der Waals surface area contributed by atoms with Crippen molar-refractivity contribution in [1.29, 1.82) is 0 Å². The summed E-state index contributed by atoms with van der Waals surface area (Å²) < 4.78 is 5.72. The smallest absolute Gasteiger partial charge is 0.0886 e. The second kappa shape index (κ2) is 6.40. The van der Waals surface area contributed by atoms with Gasteiger partial charge in [0.1, 0.15) is 0 Å². The molecule has 0 unspecified atom stereocenters. The third kappa shape index (κ3) is 3.23. The minimum absolute atomic E-state index is 0.241. The Morgan fingerprint density at radius 2 is 2.11 bits per heavy atom. The maximum absolute atomic E-state index is 10.0. The number of ether oxygens (including phenoxy) is 1. The highest BCUT2D eigenvalue weighted by Gasteiger charge is 2.31. The number of hydrogen-bond acceptors (Lipinski definition) is 3. The molecule has 1 fully saturated rings. The molecule has 5 nitrogen and oxygen atoms in total. The van der Waals surface area contributed by atoms with Crippen LogP contribution in [0.3, 0.4) is 0 Å². The minimum Gasteiger partial charge on any atom is -0.390 e. The van der Waals surface area contributed by atoms with Crippen molar-refractivity contribution in [2.75, 3.05) is 0 Å². The Morgan fingerprint density at radius 3 is 2.83 bits per heavy atom. The Morgan fingerprint density at radius 1 is 1.33 bits per heavy atom. The van der Waals surface area contributed by atoms with Crippen LogP contribution in [0, 0.1) is 0 Å². The summed E-state index contributed by atoms with van der Waals surface area (Å²) in [6, 6.07) is 9.48. The zero-order chi connectivity index (χ0) is 12.8. The molecule has 0 radical (unpaired) electrons. The predicted molar refractivity (Wildman–Crippen MR) is 67.8 cm³/mol. The molecule has 5 heteroatoms. The molecule has 3 atom stereocenters. The number of aliphatic hydroxyl groups is 1. The second-order valence-electron chi connectivity index (χ2n) is 4.53. The van der Waals surface area contributed by atoms with Crippen LogP contribution >= 0.6 is 0 Å². The van der Waals surface area contributed by atoms with Crippen LogP contribution in [0.2, 0.25) is 0 Å². The van der Waals surface area contributed by atoms with Gasteiger partial charge in [-0.05, 0) is 23.9 Å². The summed E-state index contributed by atoms with van der Waals surface area (Å²) in [6.45, 7) is 0.478. The van der Waals surface area contributed by atoms with E-state index >= 15 is 0 Å². The van der Waals surface area contributed by atoms with Gasteiger partial charge in [-0.1, -0.05) is 41.9 Å². The molecule has 2 rings (SSSR count). The first-order valence-corrected chi connectivity index (χ1v) is 6.19. The Hall–Kier alpha value is -1.55. The molecule has 0 aromatic heterocycles. The van der Waals surface area contributed by atoms with Crippen LogP contribution in [0.4, 0.5) is 0 Å². The van der Waals surface area contributed by atoms with Gasteiger partial charge in [-0.25, -0.2) is 0 Å². The average Bonchev–Trinajstić information content (AvgIpc) is 2.41. The third-order valence-corrected chi connectivity index (χ3v) is 3.27. The van der Waals surface area contributed by atoms with Gasteiger partial charge >= 0.3 is 0 Å². The standard InChI is InChI=1S/C13H17N3O2/c14-16-15-11-7-4-8-12(13(11)17)18-9-10-5-2-1-3-6-10/h1-3,5-6,11-13,17H,4,7-9H2/t11-,12+,13+/m1/s1. The number of azide groups is 1. The van der Waals surface area contributed by atoms with Crippen LogP contribution in [0.25, 0.3) is 10.4 Å². The van der Waals surface area contributed by atoms with Gasteiger partial charge in [-0.3, -0.25) is 0 Å². The van der Waals surface area contributed by atoms with E-state index in [9.17, 15) is 5.11 Å². The van der Waals surface area contributed by atoms with Gasteiger partial charge in [0.05, 0.1) is 24.9 Å². The molecule has 0 aliphatic heterocycles. The van der Waals surface area contributed by atoms with Crippen molar-refractivity contribution in [3.8, 4) is 0 Å². The molecule has 1 saturated carbocycles. The number of hydrogen-bond donors (Lipinski definition) is 1. The monoisotopic (exact) mass is 247 g/mol. The zero-order valence-corrected chi connectivity index (χ0v) is 10.1. The van der Waals surface area contributed by atoms with Gasteiger partial charge in [0.25, 0.3) is 0 Å². The van der Waals surface area contributed by atoms with Crippen LogP contribution < -0.4 is 0 Å². The van der Waals surface area contributed by atoms with Gasteiger partial charge in [-0.15, -0.1) is 0 Å². The van der Waals surface area contributed by atoms with Crippen molar-refractivity contribution in [3.05, 3.63) is 46.3 Å². The van der Waals surface area contributed by atoms with E-state index in [1.165, 1.54) is 0 Å². The van der Waals surface area contributed by atoms with Gasteiger partial charge in [-0.2, -0.15) is 0 Å². The summed E-state index contributed by atoms with van der Waals surface area (Å²) >= 11 is 0. The highest BCUT2D eigenvalue weighted by atomic mass is 16.5. The number of nitrogens with zero attached hydrogens (tertiary/aromatic N) is 3. The van der Waals surface area contributed by atoms with E-state index in [1.807, 2.05) is 30.3 Å². The maximum atomic E-state index is 10.0. The molecular weight excluding hydrogens is 230 g/mol. The molecule has 96 valence electrons. The summed E-state index contributed by atoms with van der Waals surface area (Å²) in [5, 5.41) is 13.7. The van der Waals surface area contributed by atoms with Crippen molar-refractivity contribution >= 4 is 0 Å². The number of rotatable bonds is 4. The number of benzene rings is 1. The predicted octanol–water partition coefficient (Wildman–Crippen LogP) is 2.80. The molecule has 1 N–H and O–H groups in total. The summed E-state index contributed by atoms with van der Waals surface area (Å²) in [7, 11) is 0.